The summed E-state index contributed by atoms with van der Waals surface area (Å²) in [4.78, 5) is 12.8. The van der Waals surface area contributed by atoms with E-state index in [-0.39, 0.29) is 18.3 Å². The summed E-state index contributed by atoms with van der Waals surface area (Å²) in [5.41, 5.74) is 4.78. The van der Waals surface area contributed by atoms with Crippen LogP contribution in [0.15, 0.2) is 30.3 Å². The summed E-state index contributed by atoms with van der Waals surface area (Å²) in [6, 6.07) is 9.95. The number of aromatic nitrogens is 5. The van der Waals surface area contributed by atoms with Gasteiger partial charge < -0.3 is 10.6 Å². The zero-order chi connectivity index (χ0) is 19.7. The SMILES string of the molecule is Cc1cc(C)n(-c2cccc(NC(=O)c3nnn(C4CCNCC4)c3C)c2)n1.Cl. The van der Waals surface area contributed by atoms with Gasteiger partial charge in [-0.25, -0.2) is 9.36 Å². The number of carbonyl (C=O) groups excluding carboxylic acids is 1. The minimum atomic E-state index is -0.247. The van der Waals surface area contributed by atoms with Crippen molar-refractivity contribution >= 4 is 24.0 Å². The number of anilines is 1. The van der Waals surface area contributed by atoms with Gasteiger partial charge >= 0.3 is 0 Å². The second-order valence-corrected chi connectivity index (χ2v) is 7.29. The van der Waals surface area contributed by atoms with Gasteiger partial charge in [0.2, 0.25) is 0 Å². The van der Waals surface area contributed by atoms with Crippen molar-refractivity contribution < 1.29 is 4.79 Å². The molecule has 0 unspecified atom stereocenters. The lowest BCUT2D eigenvalue weighted by Crippen LogP contribution is -2.30. The molecule has 1 aliphatic heterocycles. The topological polar surface area (TPSA) is 89.7 Å². The summed E-state index contributed by atoms with van der Waals surface area (Å²) in [6.45, 7) is 7.80. The lowest BCUT2D eigenvalue weighted by atomic mass is 10.1. The van der Waals surface area contributed by atoms with E-state index in [1.807, 2.05) is 60.5 Å². The quantitative estimate of drug-likeness (QED) is 0.683. The molecule has 3 heterocycles. The molecular weight excluding hydrogens is 390 g/mol. The number of hydrogen-bond acceptors (Lipinski definition) is 5. The predicted molar refractivity (Wildman–Crippen MR) is 114 cm³/mol. The Bertz CT molecular complexity index is 1000. The van der Waals surface area contributed by atoms with Crippen molar-refractivity contribution in [3.05, 3.63) is 53.1 Å². The number of amides is 1. The highest BCUT2D eigenvalue weighted by atomic mass is 35.5. The molecule has 0 aliphatic carbocycles. The molecule has 1 aromatic carbocycles. The summed E-state index contributed by atoms with van der Waals surface area (Å²) in [7, 11) is 0. The van der Waals surface area contributed by atoms with E-state index in [2.05, 4.69) is 26.0 Å². The van der Waals surface area contributed by atoms with Crippen LogP contribution in [-0.4, -0.2) is 43.8 Å². The van der Waals surface area contributed by atoms with Gasteiger partial charge in [0.25, 0.3) is 5.91 Å². The van der Waals surface area contributed by atoms with E-state index in [1.54, 1.807) is 0 Å². The Labute approximate surface area is 176 Å². The third-order valence-electron chi connectivity index (χ3n) is 5.16. The number of carbonyl (C=O) groups is 1. The zero-order valence-electron chi connectivity index (χ0n) is 16.8. The van der Waals surface area contributed by atoms with E-state index >= 15 is 0 Å². The van der Waals surface area contributed by atoms with Gasteiger partial charge in [0.1, 0.15) is 0 Å². The van der Waals surface area contributed by atoms with Crippen LogP contribution in [0.25, 0.3) is 5.69 Å². The molecule has 2 aromatic heterocycles. The maximum atomic E-state index is 12.8. The summed E-state index contributed by atoms with van der Waals surface area (Å²) >= 11 is 0. The molecule has 154 valence electrons. The number of benzene rings is 1. The molecule has 1 amide bonds. The molecule has 0 bridgehead atoms. The Morgan fingerprint density at radius 1 is 1.17 bits per heavy atom. The van der Waals surface area contributed by atoms with E-state index in [0.29, 0.717) is 17.4 Å². The molecule has 0 spiro atoms. The minimum Gasteiger partial charge on any atom is -0.320 e. The van der Waals surface area contributed by atoms with Crippen LogP contribution in [0.5, 0.6) is 0 Å². The molecule has 0 atom stereocenters. The molecule has 1 fully saturated rings. The van der Waals surface area contributed by atoms with Crippen LogP contribution in [0, 0.1) is 20.8 Å². The van der Waals surface area contributed by atoms with Crippen LogP contribution >= 0.6 is 12.4 Å². The predicted octanol–water partition coefficient (Wildman–Crippen LogP) is 2.99. The molecule has 2 N–H and O–H groups in total. The van der Waals surface area contributed by atoms with Crippen molar-refractivity contribution in [3.63, 3.8) is 0 Å². The van der Waals surface area contributed by atoms with Crippen LogP contribution < -0.4 is 10.6 Å². The van der Waals surface area contributed by atoms with Gasteiger partial charge in [0, 0.05) is 11.4 Å². The highest BCUT2D eigenvalue weighted by Crippen LogP contribution is 2.21. The molecule has 0 radical (unpaired) electrons. The number of nitrogens with zero attached hydrogens (tertiary/aromatic N) is 5. The minimum absolute atomic E-state index is 0. The van der Waals surface area contributed by atoms with Gasteiger partial charge in [0.15, 0.2) is 5.69 Å². The first-order valence-corrected chi connectivity index (χ1v) is 9.60. The fourth-order valence-corrected chi connectivity index (χ4v) is 3.74. The number of rotatable bonds is 4. The first-order valence-electron chi connectivity index (χ1n) is 9.60. The van der Waals surface area contributed by atoms with Crippen molar-refractivity contribution in [3.8, 4) is 5.69 Å². The summed E-state index contributed by atoms with van der Waals surface area (Å²) in [5, 5.41) is 19.2. The van der Waals surface area contributed by atoms with Crippen LogP contribution in [-0.2, 0) is 0 Å². The number of hydrogen-bond donors (Lipinski definition) is 2. The van der Waals surface area contributed by atoms with E-state index in [9.17, 15) is 4.79 Å². The van der Waals surface area contributed by atoms with Crippen molar-refractivity contribution in [1.29, 1.82) is 0 Å². The van der Waals surface area contributed by atoms with E-state index in [0.717, 1.165) is 48.7 Å². The first kappa shape index (κ1) is 21.0. The number of nitrogens with one attached hydrogen (secondary N) is 2. The molecule has 0 saturated carbocycles. The van der Waals surface area contributed by atoms with Crippen molar-refractivity contribution in [1.82, 2.24) is 30.1 Å². The molecule has 3 aromatic rings. The Kier molecular flexibility index (Phi) is 6.34. The summed E-state index contributed by atoms with van der Waals surface area (Å²) < 4.78 is 3.76. The van der Waals surface area contributed by atoms with Crippen LogP contribution in [0.4, 0.5) is 5.69 Å². The lowest BCUT2D eigenvalue weighted by Gasteiger charge is -2.23. The highest BCUT2D eigenvalue weighted by Gasteiger charge is 2.23. The normalized spacial score (nSPS) is 14.4. The van der Waals surface area contributed by atoms with Gasteiger partial charge in [-0.05, 0) is 71.0 Å². The van der Waals surface area contributed by atoms with Crippen LogP contribution in [0.3, 0.4) is 0 Å². The first-order chi connectivity index (χ1) is 13.5. The Morgan fingerprint density at radius 2 is 1.93 bits per heavy atom. The molecule has 1 saturated heterocycles. The van der Waals surface area contributed by atoms with Crippen molar-refractivity contribution in [2.24, 2.45) is 0 Å². The average molecular weight is 416 g/mol. The lowest BCUT2D eigenvalue weighted by molar-refractivity contribution is 0.102. The molecule has 1 aliphatic rings. The fourth-order valence-electron chi connectivity index (χ4n) is 3.74. The number of piperidine rings is 1. The summed E-state index contributed by atoms with van der Waals surface area (Å²) in [6.07, 6.45) is 1.99. The maximum absolute atomic E-state index is 12.8. The zero-order valence-corrected chi connectivity index (χ0v) is 17.7. The number of halogens is 1. The van der Waals surface area contributed by atoms with Crippen molar-refractivity contribution in [2.45, 2.75) is 39.7 Å². The van der Waals surface area contributed by atoms with Gasteiger partial charge in [-0.15, -0.1) is 17.5 Å². The smallest absolute Gasteiger partial charge is 0.278 e. The monoisotopic (exact) mass is 415 g/mol. The van der Waals surface area contributed by atoms with Crippen LogP contribution in [0.1, 0.15) is 46.5 Å². The molecule has 8 nitrogen and oxygen atoms in total. The molecule has 29 heavy (non-hydrogen) atoms. The Hall–Kier alpha value is -2.71. The van der Waals surface area contributed by atoms with Gasteiger partial charge in [-0.3, -0.25) is 4.79 Å². The van der Waals surface area contributed by atoms with E-state index in [1.165, 1.54) is 0 Å². The van der Waals surface area contributed by atoms with Gasteiger partial charge in [-0.1, -0.05) is 11.3 Å². The highest BCUT2D eigenvalue weighted by molar-refractivity contribution is 6.03. The van der Waals surface area contributed by atoms with Gasteiger partial charge in [-0.2, -0.15) is 5.10 Å². The Balaban J connectivity index is 0.00000240. The van der Waals surface area contributed by atoms with E-state index in [4.69, 9.17) is 0 Å². The third kappa shape index (κ3) is 4.33. The third-order valence-corrected chi connectivity index (χ3v) is 5.16. The van der Waals surface area contributed by atoms with Crippen LogP contribution in [0.2, 0.25) is 0 Å². The molecule has 9 heteroatoms. The van der Waals surface area contributed by atoms with E-state index < -0.39 is 0 Å². The fraction of sp³-hybridized carbons (Fsp3) is 0.400. The standard InChI is InChI=1S/C20H25N7O.ClH/c1-13-11-14(2)26(24-13)18-6-4-5-16(12-18)22-20(28)19-15(3)27(25-23-19)17-7-9-21-10-8-17;/h4-6,11-12,17,21H,7-10H2,1-3H3,(H,22,28);1H. The number of aryl methyl sites for hydroxylation is 2. The largest absolute Gasteiger partial charge is 0.320 e. The van der Waals surface area contributed by atoms with Crippen molar-refractivity contribution in [2.75, 3.05) is 18.4 Å². The second kappa shape index (κ2) is 8.75. The Morgan fingerprint density at radius 3 is 2.62 bits per heavy atom. The molecule has 4 rings (SSSR count). The van der Waals surface area contributed by atoms with Gasteiger partial charge in [0.05, 0.1) is 23.1 Å². The molecular formula is C20H26ClN7O. The maximum Gasteiger partial charge on any atom is 0.278 e. The summed E-state index contributed by atoms with van der Waals surface area (Å²) in [5.74, 6) is -0.247. The average Bonchev–Trinajstić information content (AvgIpc) is 3.24. The second-order valence-electron chi connectivity index (χ2n) is 7.29.